The minimum Gasteiger partial charge on any atom is -0.508 e. The van der Waals surface area contributed by atoms with E-state index in [2.05, 4.69) is 16.2 Å². The number of fused-ring (bicyclic) bond motifs is 1. The lowest BCUT2D eigenvalue weighted by Gasteiger charge is -2.22. The molecule has 1 atom stereocenters. The minimum atomic E-state index is 0.306. The molecule has 1 aromatic carbocycles. The average molecular weight is 253 g/mol. The van der Waals surface area contributed by atoms with Crippen molar-refractivity contribution >= 4 is 0 Å². The summed E-state index contributed by atoms with van der Waals surface area (Å²) in [5.74, 6) is 3.36. The van der Waals surface area contributed by atoms with Crippen LogP contribution in [0.2, 0.25) is 0 Å². The molecule has 0 spiro atoms. The third-order valence-corrected chi connectivity index (χ3v) is 3.69. The maximum atomic E-state index is 9.33. The molecule has 0 radical (unpaired) electrons. The number of phenolic OH excluding ortho intramolecular Hbond substituents is 1. The fourth-order valence-corrected chi connectivity index (χ4v) is 2.69. The Morgan fingerprint density at radius 3 is 2.89 bits per heavy atom. The molecule has 0 saturated carbocycles. The molecule has 4 nitrogen and oxygen atoms in total. The molecule has 3 rings (SSSR count). The van der Waals surface area contributed by atoms with Crippen LogP contribution in [0.25, 0.3) is 0 Å². The van der Waals surface area contributed by atoms with Crippen LogP contribution in [0.5, 0.6) is 5.75 Å². The monoisotopic (exact) mass is 253 g/mol. The van der Waals surface area contributed by atoms with Crippen LogP contribution in [-0.4, -0.2) is 20.1 Å². The molecule has 0 fully saturated rings. The van der Waals surface area contributed by atoms with E-state index < -0.39 is 0 Å². The number of aromatic hydroxyl groups is 1. The molecule has 4 heteroatoms. The van der Waals surface area contributed by atoms with Crippen molar-refractivity contribution in [3.8, 4) is 18.1 Å². The quantitative estimate of drug-likeness (QED) is 0.831. The van der Waals surface area contributed by atoms with Crippen LogP contribution in [0.15, 0.2) is 24.3 Å². The highest BCUT2D eigenvalue weighted by Crippen LogP contribution is 2.32. The molecule has 0 amide bonds. The van der Waals surface area contributed by atoms with E-state index in [0.29, 0.717) is 18.2 Å². The molecule has 1 heterocycles. The van der Waals surface area contributed by atoms with Crippen molar-refractivity contribution in [2.24, 2.45) is 0 Å². The number of terminal acetylenes is 1. The number of nitrogens with zero attached hydrogens (tertiary/aromatic N) is 3. The van der Waals surface area contributed by atoms with Gasteiger partial charge in [-0.15, -0.1) is 11.5 Å². The van der Waals surface area contributed by atoms with Gasteiger partial charge in [-0.1, -0.05) is 23.3 Å². The highest BCUT2D eigenvalue weighted by Gasteiger charge is 2.24. The van der Waals surface area contributed by atoms with Crippen molar-refractivity contribution in [2.45, 2.75) is 31.7 Å². The Bertz CT molecular complexity index is 622. The van der Waals surface area contributed by atoms with Gasteiger partial charge in [0.2, 0.25) is 0 Å². The lowest BCUT2D eigenvalue weighted by atomic mass is 9.84. The maximum absolute atomic E-state index is 9.33. The van der Waals surface area contributed by atoms with Crippen molar-refractivity contribution in [3.05, 3.63) is 41.2 Å². The zero-order valence-electron chi connectivity index (χ0n) is 10.6. The van der Waals surface area contributed by atoms with E-state index >= 15 is 0 Å². The van der Waals surface area contributed by atoms with Crippen LogP contribution in [0.4, 0.5) is 0 Å². The Morgan fingerprint density at radius 2 is 2.16 bits per heavy atom. The lowest BCUT2D eigenvalue weighted by molar-refractivity contribution is 0.474. The van der Waals surface area contributed by atoms with Crippen molar-refractivity contribution in [1.82, 2.24) is 15.0 Å². The van der Waals surface area contributed by atoms with Crippen molar-refractivity contribution < 1.29 is 5.11 Å². The number of aromatic nitrogens is 3. The summed E-state index contributed by atoms with van der Waals surface area (Å²) in [4.78, 5) is 0. The van der Waals surface area contributed by atoms with Crippen LogP contribution in [0, 0.1) is 12.3 Å². The predicted octanol–water partition coefficient (Wildman–Crippen LogP) is 1.89. The first kappa shape index (κ1) is 11.8. The van der Waals surface area contributed by atoms with E-state index in [0.717, 1.165) is 25.0 Å². The van der Waals surface area contributed by atoms with Gasteiger partial charge in [-0.3, -0.25) is 0 Å². The molecular weight excluding hydrogens is 238 g/mol. The summed E-state index contributed by atoms with van der Waals surface area (Å²) in [5, 5.41) is 17.7. The molecule has 1 aromatic heterocycles. The van der Waals surface area contributed by atoms with E-state index in [1.54, 1.807) is 12.1 Å². The summed E-state index contributed by atoms with van der Waals surface area (Å²) in [6.45, 7) is 0.492. The van der Waals surface area contributed by atoms with Gasteiger partial charge in [-0.05, 0) is 36.5 Å². The van der Waals surface area contributed by atoms with Gasteiger partial charge in [0, 0.05) is 6.42 Å². The number of phenols is 1. The van der Waals surface area contributed by atoms with Crippen molar-refractivity contribution in [1.29, 1.82) is 0 Å². The molecule has 19 heavy (non-hydrogen) atoms. The topological polar surface area (TPSA) is 50.9 Å². The second-order valence-corrected chi connectivity index (χ2v) is 4.88. The van der Waals surface area contributed by atoms with E-state index in [1.165, 1.54) is 11.3 Å². The third-order valence-electron chi connectivity index (χ3n) is 3.69. The number of hydrogen-bond acceptors (Lipinski definition) is 3. The average Bonchev–Trinajstić information content (AvgIpc) is 2.83. The fourth-order valence-electron chi connectivity index (χ4n) is 2.69. The summed E-state index contributed by atoms with van der Waals surface area (Å²) in [6, 6.07) is 7.44. The third kappa shape index (κ3) is 2.19. The molecule has 1 unspecified atom stereocenters. The Morgan fingerprint density at radius 1 is 1.37 bits per heavy atom. The van der Waals surface area contributed by atoms with Gasteiger partial charge in [-0.25, -0.2) is 4.68 Å². The van der Waals surface area contributed by atoms with Crippen LogP contribution in [0.1, 0.15) is 29.3 Å². The molecule has 0 bridgehead atoms. The van der Waals surface area contributed by atoms with Crippen LogP contribution >= 0.6 is 0 Å². The summed E-state index contributed by atoms with van der Waals surface area (Å²) in [6.07, 6.45) is 8.24. The Hall–Kier alpha value is -2.28. The minimum absolute atomic E-state index is 0.306. The first-order chi connectivity index (χ1) is 9.28. The number of benzene rings is 1. The van der Waals surface area contributed by atoms with Crippen LogP contribution in [0.3, 0.4) is 0 Å². The van der Waals surface area contributed by atoms with Gasteiger partial charge in [0.1, 0.15) is 12.3 Å². The zero-order valence-corrected chi connectivity index (χ0v) is 10.6. The first-order valence-electron chi connectivity index (χ1n) is 6.41. The highest BCUT2D eigenvalue weighted by molar-refractivity contribution is 5.31. The van der Waals surface area contributed by atoms with Gasteiger partial charge in [0.05, 0.1) is 11.4 Å². The van der Waals surface area contributed by atoms with E-state index in [4.69, 9.17) is 6.42 Å². The Labute approximate surface area is 112 Å². The Kier molecular flexibility index (Phi) is 2.96. The lowest BCUT2D eigenvalue weighted by Crippen LogP contribution is -2.15. The number of hydrogen-bond donors (Lipinski definition) is 1. The molecule has 0 saturated heterocycles. The second-order valence-electron chi connectivity index (χ2n) is 4.88. The zero-order chi connectivity index (χ0) is 13.2. The molecule has 2 aromatic rings. The van der Waals surface area contributed by atoms with Gasteiger partial charge in [0.25, 0.3) is 0 Å². The van der Waals surface area contributed by atoms with E-state index in [9.17, 15) is 5.11 Å². The Balaban J connectivity index is 1.83. The molecule has 96 valence electrons. The second kappa shape index (κ2) is 4.77. The van der Waals surface area contributed by atoms with Crippen LogP contribution < -0.4 is 0 Å². The van der Waals surface area contributed by atoms with Gasteiger partial charge < -0.3 is 5.11 Å². The number of rotatable bonds is 2. The van der Waals surface area contributed by atoms with Gasteiger partial charge in [-0.2, -0.15) is 0 Å². The smallest absolute Gasteiger partial charge is 0.115 e. The summed E-state index contributed by atoms with van der Waals surface area (Å²) in [7, 11) is 0. The van der Waals surface area contributed by atoms with Crippen molar-refractivity contribution in [2.75, 3.05) is 0 Å². The maximum Gasteiger partial charge on any atom is 0.115 e. The fraction of sp³-hybridized carbons (Fsp3) is 0.333. The molecule has 1 aliphatic carbocycles. The van der Waals surface area contributed by atoms with Gasteiger partial charge >= 0.3 is 0 Å². The normalized spacial score (nSPS) is 17.7. The first-order valence-corrected chi connectivity index (χ1v) is 6.41. The van der Waals surface area contributed by atoms with E-state index in [1.807, 2.05) is 16.8 Å². The standard InChI is InChI=1S/C15H15N3O/c1-2-9-18-15-8-5-12(10-14(15)16-17-18)11-3-6-13(19)7-4-11/h1,3-4,6-7,12,19H,5,8-10H2. The molecule has 1 N–H and O–H groups in total. The molecule has 1 aliphatic rings. The summed E-state index contributed by atoms with van der Waals surface area (Å²) >= 11 is 0. The van der Waals surface area contributed by atoms with Crippen molar-refractivity contribution in [3.63, 3.8) is 0 Å². The van der Waals surface area contributed by atoms with Gasteiger partial charge in [0.15, 0.2) is 0 Å². The summed E-state index contributed by atoms with van der Waals surface area (Å²) < 4.78 is 1.82. The molecule has 0 aliphatic heterocycles. The SMILES string of the molecule is C#CCn1nnc2c1CCC(c1ccc(O)cc1)C2. The predicted molar refractivity (Wildman–Crippen MR) is 71.7 cm³/mol. The highest BCUT2D eigenvalue weighted by atomic mass is 16.3. The van der Waals surface area contributed by atoms with Crippen LogP contribution in [-0.2, 0) is 19.4 Å². The molecular formula is C15H15N3O. The largest absolute Gasteiger partial charge is 0.508 e. The van der Waals surface area contributed by atoms with E-state index in [-0.39, 0.29) is 0 Å². The summed E-state index contributed by atoms with van der Waals surface area (Å²) in [5.41, 5.74) is 3.47.